The number of pyridine rings is 1. The van der Waals surface area contributed by atoms with Gasteiger partial charge >= 0.3 is 0 Å². The summed E-state index contributed by atoms with van der Waals surface area (Å²) in [7, 11) is 4.02. The fourth-order valence-electron chi connectivity index (χ4n) is 3.01. The second kappa shape index (κ2) is 7.49. The van der Waals surface area contributed by atoms with Crippen LogP contribution in [0.4, 0.5) is 0 Å². The van der Waals surface area contributed by atoms with Crippen molar-refractivity contribution in [1.82, 2.24) is 15.2 Å². The first-order valence-corrected chi connectivity index (χ1v) is 8.50. The van der Waals surface area contributed by atoms with Crippen LogP contribution in [-0.4, -0.2) is 43.0 Å². The molecule has 25 heavy (non-hydrogen) atoms. The van der Waals surface area contributed by atoms with E-state index in [2.05, 4.69) is 15.2 Å². The Morgan fingerprint density at radius 1 is 1.08 bits per heavy atom. The van der Waals surface area contributed by atoms with Crippen LogP contribution >= 0.6 is 0 Å². The zero-order valence-electron chi connectivity index (χ0n) is 14.6. The molecule has 5 nitrogen and oxygen atoms in total. The highest BCUT2D eigenvalue weighted by Crippen LogP contribution is 2.18. The lowest BCUT2D eigenvalue weighted by Crippen LogP contribution is -2.28. The number of rotatable bonds is 6. The zero-order chi connectivity index (χ0) is 17.8. The van der Waals surface area contributed by atoms with E-state index in [1.165, 1.54) is 0 Å². The van der Waals surface area contributed by atoms with Crippen molar-refractivity contribution in [1.29, 1.82) is 0 Å². The van der Waals surface area contributed by atoms with Gasteiger partial charge in [0.05, 0.1) is 11.9 Å². The number of H-pyrrole nitrogens is 1. The molecule has 0 saturated carbocycles. The molecule has 0 aliphatic carbocycles. The minimum absolute atomic E-state index is 0.00223. The van der Waals surface area contributed by atoms with Crippen LogP contribution < -0.4 is 10.7 Å². The lowest BCUT2D eigenvalue weighted by Gasteiger charge is -2.11. The Labute approximate surface area is 146 Å². The second-order valence-electron chi connectivity index (χ2n) is 6.52. The average molecular weight is 337 g/mol. The van der Waals surface area contributed by atoms with Crippen molar-refractivity contribution in [2.75, 3.05) is 27.2 Å². The predicted octanol–water partition coefficient (Wildman–Crippen LogP) is 2.29. The molecule has 0 saturated heterocycles. The Balaban J connectivity index is 1.84. The average Bonchev–Trinajstić information content (AvgIpc) is 2.60. The molecule has 0 fully saturated rings. The monoisotopic (exact) mass is 337 g/mol. The quantitative estimate of drug-likeness (QED) is 0.536. The van der Waals surface area contributed by atoms with Gasteiger partial charge in [0, 0.05) is 22.8 Å². The summed E-state index contributed by atoms with van der Waals surface area (Å²) in [5.41, 5.74) is 2.37. The number of hydrogen-bond donors (Lipinski definition) is 2. The summed E-state index contributed by atoms with van der Waals surface area (Å²) in [6.07, 6.45) is 1.17. The standard InChI is InChI=1S/C20H23N3O2/c1-23(2)12-6-11-21-18(24)13-14-7-5-9-16-19(14)22-17-10-4-3-8-15(17)20(16)25/h3-5,7-10H,6,11-13H2,1-2H3,(H,21,24)(H,22,25). The largest absolute Gasteiger partial charge is 0.356 e. The molecule has 3 rings (SSSR count). The van der Waals surface area contributed by atoms with Gasteiger partial charge in [-0.25, -0.2) is 0 Å². The Morgan fingerprint density at radius 2 is 1.84 bits per heavy atom. The Bertz CT molecular complexity index is 960. The minimum atomic E-state index is -0.0275. The van der Waals surface area contributed by atoms with E-state index < -0.39 is 0 Å². The van der Waals surface area contributed by atoms with Gasteiger partial charge in [0.1, 0.15) is 0 Å². The van der Waals surface area contributed by atoms with Crippen LogP contribution in [0.1, 0.15) is 12.0 Å². The number of hydrogen-bond acceptors (Lipinski definition) is 3. The van der Waals surface area contributed by atoms with Gasteiger partial charge in [0.2, 0.25) is 5.91 Å². The second-order valence-corrected chi connectivity index (χ2v) is 6.52. The predicted molar refractivity (Wildman–Crippen MR) is 102 cm³/mol. The smallest absolute Gasteiger partial charge is 0.224 e. The Morgan fingerprint density at radius 3 is 2.64 bits per heavy atom. The van der Waals surface area contributed by atoms with Crippen molar-refractivity contribution in [2.45, 2.75) is 12.8 Å². The van der Waals surface area contributed by atoms with E-state index in [1.54, 1.807) is 6.07 Å². The summed E-state index contributed by atoms with van der Waals surface area (Å²) in [5.74, 6) is -0.0275. The fraction of sp³-hybridized carbons (Fsp3) is 0.300. The van der Waals surface area contributed by atoms with Gasteiger partial charge < -0.3 is 15.2 Å². The van der Waals surface area contributed by atoms with Crippen LogP contribution in [-0.2, 0) is 11.2 Å². The number of amides is 1. The summed E-state index contributed by atoms with van der Waals surface area (Å²) in [6, 6.07) is 13.0. The number of aromatic amines is 1. The maximum Gasteiger partial charge on any atom is 0.224 e. The number of fused-ring (bicyclic) bond motifs is 2. The zero-order valence-corrected chi connectivity index (χ0v) is 14.6. The molecule has 2 aromatic carbocycles. The van der Waals surface area contributed by atoms with Crippen molar-refractivity contribution in [3.63, 3.8) is 0 Å². The molecule has 1 heterocycles. The van der Waals surface area contributed by atoms with Crippen LogP contribution in [0, 0.1) is 0 Å². The molecule has 0 unspecified atom stereocenters. The van der Waals surface area contributed by atoms with Crippen molar-refractivity contribution in [2.24, 2.45) is 0 Å². The summed E-state index contributed by atoms with van der Waals surface area (Å²) < 4.78 is 0. The van der Waals surface area contributed by atoms with E-state index >= 15 is 0 Å². The molecule has 1 amide bonds. The summed E-state index contributed by atoms with van der Waals surface area (Å²) in [6.45, 7) is 1.59. The number of carbonyl (C=O) groups excluding carboxylic acids is 1. The Hall–Kier alpha value is -2.66. The lowest BCUT2D eigenvalue weighted by molar-refractivity contribution is -0.120. The van der Waals surface area contributed by atoms with E-state index in [0.717, 1.165) is 29.6 Å². The number of benzene rings is 2. The molecule has 0 aliphatic rings. The van der Waals surface area contributed by atoms with Crippen molar-refractivity contribution < 1.29 is 4.79 Å². The van der Waals surface area contributed by atoms with Gasteiger partial charge in [-0.2, -0.15) is 0 Å². The first-order chi connectivity index (χ1) is 12.1. The maximum absolute atomic E-state index is 12.7. The molecule has 5 heteroatoms. The maximum atomic E-state index is 12.7. The van der Waals surface area contributed by atoms with Crippen LogP contribution in [0.3, 0.4) is 0 Å². The lowest BCUT2D eigenvalue weighted by atomic mass is 10.0. The van der Waals surface area contributed by atoms with Crippen molar-refractivity contribution >= 4 is 27.7 Å². The summed E-state index contributed by atoms with van der Waals surface area (Å²) in [5, 5.41) is 4.23. The minimum Gasteiger partial charge on any atom is -0.356 e. The van der Waals surface area contributed by atoms with E-state index in [0.29, 0.717) is 17.3 Å². The van der Waals surface area contributed by atoms with Gasteiger partial charge in [-0.05, 0) is 50.8 Å². The van der Waals surface area contributed by atoms with Crippen LogP contribution in [0.15, 0.2) is 47.3 Å². The third-order valence-electron chi connectivity index (χ3n) is 4.28. The van der Waals surface area contributed by atoms with Crippen molar-refractivity contribution in [3.8, 4) is 0 Å². The van der Waals surface area contributed by atoms with Crippen LogP contribution in [0.5, 0.6) is 0 Å². The van der Waals surface area contributed by atoms with Crippen molar-refractivity contribution in [3.05, 3.63) is 58.3 Å². The highest BCUT2D eigenvalue weighted by atomic mass is 16.1. The summed E-state index contributed by atoms with van der Waals surface area (Å²) >= 11 is 0. The highest BCUT2D eigenvalue weighted by Gasteiger charge is 2.11. The highest BCUT2D eigenvalue weighted by molar-refractivity contribution is 5.95. The molecular weight excluding hydrogens is 314 g/mol. The first kappa shape index (κ1) is 17.2. The van der Waals surface area contributed by atoms with E-state index in [1.807, 2.05) is 50.5 Å². The number of nitrogens with one attached hydrogen (secondary N) is 2. The molecule has 0 atom stereocenters. The van der Waals surface area contributed by atoms with Crippen LogP contribution in [0.25, 0.3) is 21.8 Å². The number of nitrogens with zero attached hydrogens (tertiary/aromatic N) is 1. The normalized spacial score (nSPS) is 11.3. The molecule has 130 valence electrons. The SMILES string of the molecule is CN(C)CCCNC(=O)Cc1cccc2c(=O)c3ccccc3[nH]c12. The Kier molecular flexibility index (Phi) is 5.14. The molecule has 1 aromatic heterocycles. The van der Waals surface area contributed by atoms with Gasteiger partial charge in [-0.3, -0.25) is 9.59 Å². The third kappa shape index (κ3) is 3.88. The van der Waals surface area contributed by atoms with E-state index in [-0.39, 0.29) is 17.8 Å². The van der Waals surface area contributed by atoms with Gasteiger partial charge in [0.15, 0.2) is 5.43 Å². The molecule has 2 N–H and O–H groups in total. The van der Waals surface area contributed by atoms with Gasteiger partial charge in [0.25, 0.3) is 0 Å². The molecular formula is C20H23N3O2. The number of carbonyl (C=O) groups is 1. The van der Waals surface area contributed by atoms with E-state index in [4.69, 9.17) is 0 Å². The van der Waals surface area contributed by atoms with Gasteiger partial charge in [-0.1, -0.05) is 24.3 Å². The first-order valence-electron chi connectivity index (χ1n) is 8.50. The van der Waals surface area contributed by atoms with Gasteiger partial charge in [-0.15, -0.1) is 0 Å². The molecule has 0 bridgehead atoms. The molecule has 0 spiro atoms. The number of aromatic nitrogens is 1. The summed E-state index contributed by atoms with van der Waals surface area (Å²) in [4.78, 5) is 30.3. The molecule has 0 radical (unpaired) electrons. The fourth-order valence-corrected chi connectivity index (χ4v) is 3.01. The van der Waals surface area contributed by atoms with Crippen LogP contribution in [0.2, 0.25) is 0 Å². The molecule has 0 aliphatic heterocycles. The third-order valence-corrected chi connectivity index (χ3v) is 4.28. The topological polar surface area (TPSA) is 65.2 Å². The molecule has 3 aromatic rings. The number of para-hydroxylation sites is 2. The van der Waals surface area contributed by atoms with E-state index in [9.17, 15) is 9.59 Å².